The third kappa shape index (κ3) is 3.44. The Labute approximate surface area is 121 Å². The van der Waals surface area contributed by atoms with Crippen molar-refractivity contribution in [3.8, 4) is 11.5 Å². The molecule has 20 heavy (non-hydrogen) atoms. The highest BCUT2D eigenvalue weighted by Crippen LogP contribution is 2.30. The van der Waals surface area contributed by atoms with Crippen LogP contribution < -0.4 is 15.2 Å². The summed E-state index contributed by atoms with van der Waals surface area (Å²) in [4.78, 5) is 2.42. The Balaban J connectivity index is 2.08. The van der Waals surface area contributed by atoms with Gasteiger partial charge in [0.05, 0.1) is 14.2 Å². The Morgan fingerprint density at radius 3 is 2.35 bits per heavy atom. The van der Waals surface area contributed by atoms with E-state index in [0.717, 1.165) is 24.6 Å². The highest BCUT2D eigenvalue weighted by atomic mass is 16.5. The number of benzene rings is 1. The molecule has 4 nitrogen and oxygen atoms in total. The third-order valence-corrected chi connectivity index (χ3v) is 4.33. The highest BCUT2D eigenvalue weighted by Gasteiger charge is 2.29. The van der Waals surface area contributed by atoms with Crippen molar-refractivity contribution in [1.29, 1.82) is 0 Å². The minimum absolute atomic E-state index is 0.595. The highest BCUT2D eigenvalue weighted by molar-refractivity contribution is 5.38. The average molecular weight is 278 g/mol. The van der Waals surface area contributed by atoms with E-state index in [9.17, 15) is 0 Å². The zero-order valence-electron chi connectivity index (χ0n) is 12.8. The van der Waals surface area contributed by atoms with Crippen LogP contribution in [0.5, 0.6) is 11.5 Å². The van der Waals surface area contributed by atoms with Gasteiger partial charge < -0.3 is 15.2 Å². The summed E-state index contributed by atoms with van der Waals surface area (Å²) in [6.45, 7) is 1.69. The topological polar surface area (TPSA) is 47.7 Å². The SMILES string of the molecule is COc1cc(CN(C)C2CCCC2CN)cc(OC)c1. The number of hydrogen-bond acceptors (Lipinski definition) is 4. The van der Waals surface area contributed by atoms with Gasteiger partial charge in [-0.05, 0) is 50.0 Å². The van der Waals surface area contributed by atoms with Crippen LogP contribution in [0.1, 0.15) is 24.8 Å². The van der Waals surface area contributed by atoms with Crippen LogP contribution in [-0.2, 0) is 6.54 Å². The van der Waals surface area contributed by atoms with Crippen molar-refractivity contribution < 1.29 is 9.47 Å². The molecule has 0 bridgehead atoms. The molecule has 1 aromatic carbocycles. The normalized spacial score (nSPS) is 22.2. The smallest absolute Gasteiger partial charge is 0.122 e. The summed E-state index contributed by atoms with van der Waals surface area (Å²) in [6, 6.07) is 6.65. The second-order valence-electron chi connectivity index (χ2n) is 5.63. The molecule has 2 rings (SSSR count). The van der Waals surface area contributed by atoms with E-state index < -0.39 is 0 Å². The molecule has 0 heterocycles. The van der Waals surface area contributed by atoms with Crippen LogP contribution in [-0.4, -0.2) is 38.8 Å². The molecule has 0 aliphatic heterocycles. The molecule has 0 aromatic heterocycles. The van der Waals surface area contributed by atoms with Crippen molar-refractivity contribution in [2.24, 2.45) is 11.7 Å². The maximum absolute atomic E-state index is 5.88. The molecule has 4 heteroatoms. The predicted octanol–water partition coefficient (Wildman–Crippen LogP) is 2.26. The van der Waals surface area contributed by atoms with E-state index in [1.165, 1.54) is 24.8 Å². The summed E-state index contributed by atoms with van der Waals surface area (Å²) in [5, 5.41) is 0. The zero-order chi connectivity index (χ0) is 14.5. The number of rotatable bonds is 6. The summed E-state index contributed by atoms with van der Waals surface area (Å²) in [5.74, 6) is 2.32. The second kappa shape index (κ2) is 6.95. The lowest BCUT2D eigenvalue weighted by atomic mass is 10.0. The third-order valence-electron chi connectivity index (χ3n) is 4.33. The molecule has 1 fully saturated rings. The number of nitrogens with zero attached hydrogens (tertiary/aromatic N) is 1. The molecule has 1 aromatic rings. The second-order valence-corrected chi connectivity index (χ2v) is 5.63. The van der Waals surface area contributed by atoms with Crippen LogP contribution in [0.15, 0.2) is 18.2 Å². The van der Waals surface area contributed by atoms with Crippen molar-refractivity contribution >= 4 is 0 Å². The number of methoxy groups -OCH3 is 2. The summed E-state index contributed by atoms with van der Waals surface area (Å²) in [5.41, 5.74) is 7.09. The largest absolute Gasteiger partial charge is 0.497 e. The van der Waals surface area contributed by atoms with Gasteiger partial charge in [-0.15, -0.1) is 0 Å². The first-order valence-electron chi connectivity index (χ1n) is 7.30. The Bertz CT molecular complexity index is 414. The van der Waals surface area contributed by atoms with Gasteiger partial charge in [0.1, 0.15) is 11.5 Å². The lowest BCUT2D eigenvalue weighted by Crippen LogP contribution is -2.37. The van der Waals surface area contributed by atoms with E-state index in [2.05, 4.69) is 24.1 Å². The van der Waals surface area contributed by atoms with Crippen LogP contribution in [0.3, 0.4) is 0 Å². The van der Waals surface area contributed by atoms with Gasteiger partial charge >= 0.3 is 0 Å². The zero-order valence-corrected chi connectivity index (χ0v) is 12.8. The lowest BCUT2D eigenvalue weighted by Gasteiger charge is -2.29. The van der Waals surface area contributed by atoms with Crippen molar-refractivity contribution in [3.63, 3.8) is 0 Å². The lowest BCUT2D eigenvalue weighted by molar-refractivity contribution is 0.192. The molecule has 2 N–H and O–H groups in total. The fraction of sp³-hybridized carbons (Fsp3) is 0.625. The van der Waals surface area contributed by atoms with Gasteiger partial charge in [-0.1, -0.05) is 6.42 Å². The summed E-state index contributed by atoms with van der Waals surface area (Å²) in [7, 11) is 5.55. The standard InChI is InChI=1S/C16H26N2O2/c1-18(16-6-4-5-13(16)10-17)11-12-7-14(19-2)9-15(8-12)20-3/h7-9,13,16H,4-6,10-11,17H2,1-3H3. The molecule has 1 saturated carbocycles. The van der Waals surface area contributed by atoms with Gasteiger partial charge in [-0.2, -0.15) is 0 Å². The molecular formula is C16H26N2O2. The molecule has 2 unspecified atom stereocenters. The summed E-state index contributed by atoms with van der Waals surface area (Å²) >= 11 is 0. The molecule has 0 radical (unpaired) electrons. The van der Waals surface area contributed by atoms with Gasteiger partial charge in [0, 0.05) is 18.7 Å². The number of ether oxygens (including phenoxy) is 2. The monoisotopic (exact) mass is 278 g/mol. The summed E-state index contributed by atoms with van der Waals surface area (Å²) in [6.07, 6.45) is 3.80. The maximum atomic E-state index is 5.88. The molecule has 112 valence electrons. The number of hydrogen-bond donors (Lipinski definition) is 1. The first-order valence-corrected chi connectivity index (χ1v) is 7.30. The van der Waals surface area contributed by atoms with Gasteiger partial charge in [-0.25, -0.2) is 0 Å². The van der Waals surface area contributed by atoms with Crippen LogP contribution >= 0.6 is 0 Å². The van der Waals surface area contributed by atoms with Crippen LogP contribution in [0.2, 0.25) is 0 Å². The van der Waals surface area contributed by atoms with Crippen molar-refractivity contribution in [2.45, 2.75) is 31.8 Å². The fourth-order valence-corrected chi connectivity index (χ4v) is 3.24. The van der Waals surface area contributed by atoms with Crippen LogP contribution in [0.25, 0.3) is 0 Å². The predicted molar refractivity (Wildman–Crippen MR) is 81.2 cm³/mol. The Morgan fingerprint density at radius 2 is 1.80 bits per heavy atom. The van der Waals surface area contributed by atoms with Gasteiger partial charge in [-0.3, -0.25) is 4.90 Å². The minimum Gasteiger partial charge on any atom is -0.497 e. The van der Waals surface area contributed by atoms with Gasteiger partial charge in [0.2, 0.25) is 0 Å². The van der Waals surface area contributed by atoms with E-state index in [1.54, 1.807) is 14.2 Å². The maximum Gasteiger partial charge on any atom is 0.122 e. The molecule has 2 atom stereocenters. The molecule has 1 aliphatic rings. The Kier molecular flexibility index (Phi) is 5.26. The molecule has 0 amide bonds. The fourth-order valence-electron chi connectivity index (χ4n) is 3.24. The van der Waals surface area contributed by atoms with E-state index in [0.29, 0.717) is 12.0 Å². The Hall–Kier alpha value is -1.26. The molecule has 0 spiro atoms. The quantitative estimate of drug-likeness (QED) is 0.867. The van der Waals surface area contributed by atoms with Crippen LogP contribution in [0, 0.1) is 5.92 Å². The average Bonchev–Trinajstić information content (AvgIpc) is 2.95. The first kappa shape index (κ1) is 15.1. The summed E-state index contributed by atoms with van der Waals surface area (Å²) < 4.78 is 10.7. The number of nitrogens with two attached hydrogens (primary N) is 1. The molecule has 0 saturated heterocycles. The van der Waals surface area contributed by atoms with Gasteiger partial charge in [0.15, 0.2) is 0 Å². The van der Waals surface area contributed by atoms with Gasteiger partial charge in [0.25, 0.3) is 0 Å². The van der Waals surface area contributed by atoms with E-state index in [1.807, 2.05) is 6.07 Å². The van der Waals surface area contributed by atoms with Crippen LogP contribution in [0.4, 0.5) is 0 Å². The first-order chi connectivity index (χ1) is 9.67. The Morgan fingerprint density at radius 1 is 1.15 bits per heavy atom. The van der Waals surface area contributed by atoms with E-state index >= 15 is 0 Å². The molecule has 1 aliphatic carbocycles. The van der Waals surface area contributed by atoms with E-state index in [4.69, 9.17) is 15.2 Å². The molecular weight excluding hydrogens is 252 g/mol. The van der Waals surface area contributed by atoms with E-state index in [-0.39, 0.29) is 0 Å². The van der Waals surface area contributed by atoms with Crippen molar-refractivity contribution in [1.82, 2.24) is 4.90 Å². The minimum atomic E-state index is 0.595. The van der Waals surface area contributed by atoms with Crippen molar-refractivity contribution in [3.05, 3.63) is 23.8 Å². The van der Waals surface area contributed by atoms with Crippen molar-refractivity contribution in [2.75, 3.05) is 27.8 Å².